The van der Waals surface area contributed by atoms with Crippen LogP contribution in [0.3, 0.4) is 0 Å². The number of ether oxygens (including phenoxy) is 4. The summed E-state index contributed by atoms with van der Waals surface area (Å²) in [5.74, 6) is 3.17. The van der Waals surface area contributed by atoms with E-state index in [1.807, 2.05) is 7.05 Å². The van der Waals surface area contributed by atoms with E-state index in [0.29, 0.717) is 5.92 Å². The standard InChI is InChI=1S/C22H35N3O4/c1-23-22(24-8-4-10-29-16-17-6-11-28-12-7-17)25-9-5-18-13-20(26-2)21(27-3)14-19(18)15-25/h13-14,17H,4-12,15-16H2,1-3H3,(H,23,24). The number of fused-ring (bicyclic) bond motifs is 1. The van der Waals surface area contributed by atoms with Gasteiger partial charge in [-0.2, -0.15) is 0 Å². The average molecular weight is 406 g/mol. The fourth-order valence-electron chi connectivity index (χ4n) is 3.93. The highest BCUT2D eigenvalue weighted by molar-refractivity contribution is 5.80. The van der Waals surface area contributed by atoms with Gasteiger partial charge in [-0.3, -0.25) is 4.99 Å². The predicted octanol–water partition coefficient (Wildman–Crippen LogP) is 2.47. The molecule has 0 radical (unpaired) electrons. The molecule has 29 heavy (non-hydrogen) atoms. The van der Waals surface area contributed by atoms with Gasteiger partial charge in [-0.15, -0.1) is 0 Å². The highest BCUT2D eigenvalue weighted by atomic mass is 16.5. The molecule has 7 heteroatoms. The third kappa shape index (κ3) is 6.00. The number of benzene rings is 1. The van der Waals surface area contributed by atoms with Crippen molar-refractivity contribution in [2.75, 3.05) is 60.8 Å². The largest absolute Gasteiger partial charge is 0.493 e. The van der Waals surface area contributed by atoms with Crippen molar-refractivity contribution < 1.29 is 18.9 Å². The molecule has 0 bridgehead atoms. The molecule has 1 N–H and O–H groups in total. The molecular weight excluding hydrogens is 370 g/mol. The maximum absolute atomic E-state index is 5.85. The molecule has 2 aliphatic heterocycles. The molecular formula is C22H35N3O4. The molecule has 0 saturated carbocycles. The molecule has 1 aromatic rings. The van der Waals surface area contributed by atoms with Crippen LogP contribution in [0.4, 0.5) is 0 Å². The van der Waals surface area contributed by atoms with Gasteiger partial charge in [0.1, 0.15) is 0 Å². The number of rotatable bonds is 8. The molecule has 0 amide bonds. The van der Waals surface area contributed by atoms with Crippen molar-refractivity contribution >= 4 is 5.96 Å². The van der Waals surface area contributed by atoms with Crippen LogP contribution in [0.2, 0.25) is 0 Å². The Kier molecular flexibility index (Phi) is 8.43. The first-order chi connectivity index (χ1) is 14.2. The van der Waals surface area contributed by atoms with E-state index >= 15 is 0 Å². The van der Waals surface area contributed by atoms with Gasteiger partial charge in [0, 0.05) is 53.1 Å². The summed E-state index contributed by atoms with van der Waals surface area (Å²) in [6.07, 6.45) is 4.18. The monoisotopic (exact) mass is 405 g/mol. The minimum Gasteiger partial charge on any atom is -0.493 e. The highest BCUT2D eigenvalue weighted by Gasteiger charge is 2.21. The molecule has 2 aliphatic rings. The molecule has 1 aromatic carbocycles. The third-order valence-corrected chi connectivity index (χ3v) is 5.67. The zero-order chi connectivity index (χ0) is 20.5. The Labute approximate surface area is 174 Å². The van der Waals surface area contributed by atoms with Crippen molar-refractivity contribution in [3.63, 3.8) is 0 Å². The van der Waals surface area contributed by atoms with E-state index in [2.05, 4.69) is 27.3 Å². The molecule has 1 fully saturated rings. The Morgan fingerprint density at radius 1 is 1.17 bits per heavy atom. The summed E-state index contributed by atoms with van der Waals surface area (Å²) in [5.41, 5.74) is 2.58. The van der Waals surface area contributed by atoms with Gasteiger partial charge in [0.2, 0.25) is 0 Å². The normalized spacial score (nSPS) is 17.8. The summed E-state index contributed by atoms with van der Waals surface area (Å²) in [5, 5.41) is 3.48. The lowest BCUT2D eigenvalue weighted by Crippen LogP contribution is -2.44. The summed E-state index contributed by atoms with van der Waals surface area (Å²) < 4.78 is 22.1. The molecule has 0 unspecified atom stereocenters. The number of hydrogen-bond donors (Lipinski definition) is 1. The molecule has 0 aliphatic carbocycles. The van der Waals surface area contributed by atoms with Gasteiger partial charge in [0.15, 0.2) is 17.5 Å². The molecule has 7 nitrogen and oxygen atoms in total. The Balaban J connectivity index is 1.42. The van der Waals surface area contributed by atoms with Gasteiger partial charge >= 0.3 is 0 Å². The topological polar surface area (TPSA) is 64.6 Å². The minimum atomic E-state index is 0.661. The predicted molar refractivity (Wildman–Crippen MR) is 114 cm³/mol. The lowest BCUT2D eigenvalue weighted by atomic mass is 9.99. The van der Waals surface area contributed by atoms with Gasteiger partial charge in [-0.05, 0) is 54.9 Å². The zero-order valence-corrected chi connectivity index (χ0v) is 18.0. The number of nitrogens with one attached hydrogen (secondary N) is 1. The number of aliphatic imine (C=N–C) groups is 1. The van der Waals surface area contributed by atoms with E-state index < -0.39 is 0 Å². The van der Waals surface area contributed by atoms with E-state index in [0.717, 1.165) is 89.2 Å². The first-order valence-corrected chi connectivity index (χ1v) is 10.6. The Morgan fingerprint density at radius 2 is 1.90 bits per heavy atom. The first-order valence-electron chi connectivity index (χ1n) is 10.6. The van der Waals surface area contributed by atoms with Crippen LogP contribution in [-0.4, -0.2) is 71.6 Å². The summed E-state index contributed by atoms with van der Waals surface area (Å²) in [6.45, 7) is 5.99. The van der Waals surface area contributed by atoms with E-state index in [1.165, 1.54) is 11.1 Å². The summed E-state index contributed by atoms with van der Waals surface area (Å²) in [6, 6.07) is 4.18. The van der Waals surface area contributed by atoms with Crippen LogP contribution in [0.15, 0.2) is 17.1 Å². The van der Waals surface area contributed by atoms with Crippen LogP contribution >= 0.6 is 0 Å². The lowest BCUT2D eigenvalue weighted by Gasteiger charge is -2.32. The number of methoxy groups -OCH3 is 2. The van der Waals surface area contributed by atoms with Crippen LogP contribution < -0.4 is 14.8 Å². The maximum atomic E-state index is 5.85. The van der Waals surface area contributed by atoms with Gasteiger partial charge in [0.25, 0.3) is 0 Å². The van der Waals surface area contributed by atoms with Crippen LogP contribution in [0, 0.1) is 5.92 Å². The van der Waals surface area contributed by atoms with E-state index in [9.17, 15) is 0 Å². The number of guanidine groups is 1. The van der Waals surface area contributed by atoms with Crippen LogP contribution in [0.5, 0.6) is 11.5 Å². The van der Waals surface area contributed by atoms with Crippen molar-refractivity contribution in [1.29, 1.82) is 0 Å². The summed E-state index contributed by atoms with van der Waals surface area (Å²) >= 11 is 0. The Hall–Kier alpha value is -1.99. The Bertz CT molecular complexity index is 674. The van der Waals surface area contributed by atoms with Crippen molar-refractivity contribution in [2.24, 2.45) is 10.9 Å². The van der Waals surface area contributed by atoms with E-state index in [1.54, 1.807) is 14.2 Å². The van der Waals surface area contributed by atoms with Gasteiger partial charge < -0.3 is 29.2 Å². The van der Waals surface area contributed by atoms with Crippen LogP contribution in [0.1, 0.15) is 30.4 Å². The van der Waals surface area contributed by atoms with Gasteiger partial charge in [-0.1, -0.05) is 0 Å². The number of nitrogens with zero attached hydrogens (tertiary/aromatic N) is 2. The fraction of sp³-hybridized carbons (Fsp3) is 0.682. The summed E-state index contributed by atoms with van der Waals surface area (Å²) in [4.78, 5) is 6.76. The first kappa shape index (κ1) is 21.7. The molecule has 3 rings (SSSR count). The van der Waals surface area contributed by atoms with E-state index in [-0.39, 0.29) is 0 Å². The van der Waals surface area contributed by atoms with E-state index in [4.69, 9.17) is 18.9 Å². The maximum Gasteiger partial charge on any atom is 0.193 e. The third-order valence-electron chi connectivity index (χ3n) is 5.67. The van der Waals surface area contributed by atoms with Crippen molar-refractivity contribution in [3.8, 4) is 11.5 Å². The minimum absolute atomic E-state index is 0.661. The number of hydrogen-bond acceptors (Lipinski definition) is 5. The molecule has 0 aromatic heterocycles. The highest BCUT2D eigenvalue weighted by Crippen LogP contribution is 2.33. The molecule has 1 saturated heterocycles. The zero-order valence-electron chi connectivity index (χ0n) is 18.0. The smallest absolute Gasteiger partial charge is 0.193 e. The van der Waals surface area contributed by atoms with Crippen LogP contribution in [0.25, 0.3) is 0 Å². The second-order valence-electron chi connectivity index (χ2n) is 7.61. The summed E-state index contributed by atoms with van der Waals surface area (Å²) in [7, 11) is 5.20. The quantitative estimate of drug-likeness (QED) is 0.407. The van der Waals surface area contributed by atoms with Crippen molar-refractivity contribution in [2.45, 2.75) is 32.2 Å². The molecule has 0 spiro atoms. The van der Waals surface area contributed by atoms with Crippen LogP contribution in [-0.2, 0) is 22.4 Å². The average Bonchev–Trinajstić information content (AvgIpc) is 2.78. The van der Waals surface area contributed by atoms with Crippen molar-refractivity contribution in [1.82, 2.24) is 10.2 Å². The molecule has 0 atom stereocenters. The van der Waals surface area contributed by atoms with Crippen molar-refractivity contribution in [3.05, 3.63) is 23.3 Å². The SMILES string of the molecule is CN=C(NCCCOCC1CCOCC1)N1CCc2cc(OC)c(OC)cc2C1. The molecule has 2 heterocycles. The second kappa shape index (κ2) is 11.3. The fourth-order valence-corrected chi connectivity index (χ4v) is 3.93. The Morgan fingerprint density at radius 3 is 2.59 bits per heavy atom. The van der Waals surface area contributed by atoms with Gasteiger partial charge in [0.05, 0.1) is 14.2 Å². The van der Waals surface area contributed by atoms with Gasteiger partial charge in [-0.25, -0.2) is 0 Å². The second-order valence-corrected chi connectivity index (χ2v) is 7.61. The molecule has 162 valence electrons. The lowest BCUT2D eigenvalue weighted by molar-refractivity contribution is 0.0203.